The summed E-state index contributed by atoms with van der Waals surface area (Å²) in [6.45, 7) is 3.30. The summed E-state index contributed by atoms with van der Waals surface area (Å²) in [4.78, 5) is 2.46. The molecule has 4 heteroatoms. The molecule has 17 heavy (non-hydrogen) atoms. The van der Waals surface area contributed by atoms with Crippen molar-refractivity contribution in [2.75, 3.05) is 19.6 Å². The van der Waals surface area contributed by atoms with Gasteiger partial charge >= 0.3 is 0 Å². The fourth-order valence-electron chi connectivity index (χ4n) is 2.16. The summed E-state index contributed by atoms with van der Waals surface area (Å²) in [5, 5.41) is 1.27. The Balaban J connectivity index is 1.83. The van der Waals surface area contributed by atoms with Crippen LogP contribution in [0.3, 0.4) is 0 Å². The van der Waals surface area contributed by atoms with E-state index in [1.807, 2.05) is 18.2 Å². The molecule has 1 heterocycles. The molecule has 0 saturated carbocycles. The normalized spacial score (nSPS) is 18.5. The Morgan fingerprint density at radius 1 is 1.18 bits per heavy atom. The first-order chi connectivity index (χ1) is 8.15. The van der Waals surface area contributed by atoms with Crippen LogP contribution >= 0.6 is 23.2 Å². The van der Waals surface area contributed by atoms with Crippen molar-refractivity contribution >= 4 is 23.2 Å². The monoisotopic (exact) mass is 272 g/mol. The van der Waals surface area contributed by atoms with E-state index in [1.54, 1.807) is 0 Å². The minimum absolute atomic E-state index is 0.399. The Bertz CT molecular complexity index is 374. The quantitative estimate of drug-likeness (QED) is 0.917. The number of nitrogens with zero attached hydrogens (tertiary/aromatic N) is 1. The molecule has 1 fully saturated rings. The zero-order valence-electron chi connectivity index (χ0n) is 9.83. The number of rotatable bonds is 3. The standard InChI is InChI=1S/C13H18Cl2N2/c14-12-2-1-10(9-13(12)15)3-6-17-7-4-11(16)5-8-17/h1-2,9,11H,3-8,16H2. The minimum atomic E-state index is 0.399. The largest absolute Gasteiger partial charge is 0.328 e. The fourth-order valence-corrected chi connectivity index (χ4v) is 2.48. The van der Waals surface area contributed by atoms with Gasteiger partial charge in [0, 0.05) is 12.6 Å². The highest BCUT2D eigenvalue weighted by Gasteiger charge is 2.15. The number of halogens is 2. The van der Waals surface area contributed by atoms with Gasteiger partial charge in [0.1, 0.15) is 0 Å². The summed E-state index contributed by atoms with van der Waals surface area (Å²) in [6, 6.07) is 6.27. The van der Waals surface area contributed by atoms with Crippen LogP contribution < -0.4 is 5.73 Å². The summed E-state index contributed by atoms with van der Waals surface area (Å²) in [6.07, 6.45) is 3.24. The summed E-state index contributed by atoms with van der Waals surface area (Å²) < 4.78 is 0. The topological polar surface area (TPSA) is 29.3 Å². The molecule has 0 bridgehead atoms. The van der Waals surface area contributed by atoms with Gasteiger partial charge in [0.15, 0.2) is 0 Å². The van der Waals surface area contributed by atoms with Gasteiger partial charge in [0.2, 0.25) is 0 Å². The van der Waals surface area contributed by atoms with Crippen LogP contribution in [-0.2, 0) is 6.42 Å². The summed E-state index contributed by atoms with van der Waals surface area (Å²) >= 11 is 11.9. The fraction of sp³-hybridized carbons (Fsp3) is 0.538. The van der Waals surface area contributed by atoms with Crippen molar-refractivity contribution in [2.45, 2.75) is 25.3 Å². The predicted molar refractivity (Wildman–Crippen MR) is 73.8 cm³/mol. The molecule has 1 aliphatic heterocycles. The van der Waals surface area contributed by atoms with Gasteiger partial charge in [0.25, 0.3) is 0 Å². The van der Waals surface area contributed by atoms with E-state index >= 15 is 0 Å². The number of nitrogens with two attached hydrogens (primary N) is 1. The molecule has 0 aromatic heterocycles. The van der Waals surface area contributed by atoms with E-state index in [0.29, 0.717) is 16.1 Å². The summed E-state index contributed by atoms with van der Waals surface area (Å²) in [5.74, 6) is 0. The number of piperidine rings is 1. The van der Waals surface area contributed by atoms with Crippen LogP contribution in [0.4, 0.5) is 0 Å². The molecule has 2 rings (SSSR count). The van der Waals surface area contributed by atoms with E-state index in [2.05, 4.69) is 4.90 Å². The smallest absolute Gasteiger partial charge is 0.0595 e. The number of hydrogen-bond donors (Lipinski definition) is 1. The number of hydrogen-bond acceptors (Lipinski definition) is 2. The van der Waals surface area contributed by atoms with Gasteiger partial charge in [-0.1, -0.05) is 29.3 Å². The first kappa shape index (κ1) is 13.2. The molecule has 0 spiro atoms. The zero-order chi connectivity index (χ0) is 12.3. The minimum Gasteiger partial charge on any atom is -0.328 e. The van der Waals surface area contributed by atoms with Crippen molar-refractivity contribution in [3.05, 3.63) is 33.8 Å². The SMILES string of the molecule is NC1CCN(CCc2ccc(Cl)c(Cl)c2)CC1. The van der Waals surface area contributed by atoms with Crippen molar-refractivity contribution in [3.63, 3.8) is 0 Å². The lowest BCUT2D eigenvalue weighted by Gasteiger charge is -2.30. The second-order valence-corrected chi connectivity index (χ2v) is 5.49. The van der Waals surface area contributed by atoms with E-state index in [1.165, 1.54) is 5.56 Å². The molecule has 2 nitrogen and oxygen atoms in total. The maximum absolute atomic E-state index is 5.99. The number of likely N-dealkylation sites (tertiary alicyclic amines) is 1. The van der Waals surface area contributed by atoms with Crippen molar-refractivity contribution in [2.24, 2.45) is 5.73 Å². The van der Waals surface area contributed by atoms with Crippen LogP contribution in [0.1, 0.15) is 18.4 Å². The molecular weight excluding hydrogens is 255 g/mol. The highest BCUT2D eigenvalue weighted by atomic mass is 35.5. The highest BCUT2D eigenvalue weighted by Crippen LogP contribution is 2.23. The van der Waals surface area contributed by atoms with Gasteiger partial charge in [0.05, 0.1) is 10.0 Å². The van der Waals surface area contributed by atoms with Gasteiger partial charge in [-0.15, -0.1) is 0 Å². The maximum Gasteiger partial charge on any atom is 0.0595 e. The molecular formula is C13H18Cl2N2. The van der Waals surface area contributed by atoms with Gasteiger partial charge in [-0.3, -0.25) is 0 Å². The molecule has 1 aromatic rings. The van der Waals surface area contributed by atoms with Gasteiger partial charge in [-0.25, -0.2) is 0 Å². The molecule has 0 radical (unpaired) electrons. The van der Waals surface area contributed by atoms with Crippen LogP contribution in [0.5, 0.6) is 0 Å². The number of benzene rings is 1. The van der Waals surface area contributed by atoms with Crippen LogP contribution in [0.25, 0.3) is 0 Å². The highest BCUT2D eigenvalue weighted by molar-refractivity contribution is 6.42. The van der Waals surface area contributed by atoms with Crippen molar-refractivity contribution in [1.82, 2.24) is 4.90 Å². The lowest BCUT2D eigenvalue weighted by atomic mass is 10.1. The molecule has 1 aromatic carbocycles. The summed E-state index contributed by atoms with van der Waals surface area (Å²) in [5.41, 5.74) is 7.13. The second kappa shape index (κ2) is 6.05. The van der Waals surface area contributed by atoms with Crippen molar-refractivity contribution < 1.29 is 0 Å². The lowest BCUT2D eigenvalue weighted by molar-refractivity contribution is 0.215. The molecule has 0 atom stereocenters. The molecule has 1 saturated heterocycles. The van der Waals surface area contributed by atoms with Crippen LogP contribution in [0, 0.1) is 0 Å². The lowest BCUT2D eigenvalue weighted by Crippen LogP contribution is -2.40. The van der Waals surface area contributed by atoms with Crippen molar-refractivity contribution in [3.8, 4) is 0 Å². The molecule has 94 valence electrons. The Hall–Kier alpha value is -0.280. The second-order valence-electron chi connectivity index (χ2n) is 4.68. The predicted octanol–water partition coefficient (Wildman–Crippen LogP) is 2.96. The maximum atomic E-state index is 5.99. The third kappa shape index (κ3) is 3.85. The zero-order valence-corrected chi connectivity index (χ0v) is 11.3. The van der Waals surface area contributed by atoms with Crippen molar-refractivity contribution in [1.29, 1.82) is 0 Å². The van der Waals surface area contributed by atoms with Gasteiger partial charge in [-0.2, -0.15) is 0 Å². The van der Waals surface area contributed by atoms with E-state index in [0.717, 1.165) is 38.9 Å². The summed E-state index contributed by atoms with van der Waals surface area (Å²) in [7, 11) is 0. The third-order valence-electron chi connectivity index (χ3n) is 3.33. The Labute approximate surface area is 113 Å². The third-order valence-corrected chi connectivity index (χ3v) is 4.07. The molecule has 2 N–H and O–H groups in total. The van der Waals surface area contributed by atoms with Crippen LogP contribution in [0.15, 0.2) is 18.2 Å². The molecule has 1 aliphatic rings. The van der Waals surface area contributed by atoms with Gasteiger partial charge < -0.3 is 10.6 Å². The molecule has 0 amide bonds. The average molecular weight is 273 g/mol. The molecule has 0 aliphatic carbocycles. The Morgan fingerprint density at radius 3 is 2.53 bits per heavy atom. The average Bonchev–Trinajstić information content (AvgIpc) is 2.33. The Kier molecular flexibility index (Phi) is 4.69. The first-order valence-corrected chi connectivity index (χ1v) is 6.82. The Morgan fingerprint density at radius 2 is 1.88 bits per heavy atom. The molecule has 0 unspecified atom stereocenters. The van der Waals surface area contributed by atoms with Gasteiger partial charge in [-0.05, 0) is 50.0 Å². The van der Waals surface area contributed by atoms with E-state index in [4.69, 9.17) is 28.9 Å². The van der Waals surface area contributed by atoms with Crippen LogP contribution in [-0.4, -0.2) is 30.6 Å². The van der Waals surface area contributed by atoms with Crippen LogP contribution in [0.2, 0.25) is 10.0 Å². The van der Waals surface area contributed by atoms with E-state index in [9.17, 15) is 0 Å². The van der Waals surface area contributed by atoms with E-state index in [-0.39, 0.29) is 0 Å². The van der Waals surface area contributed by atoms with E-state index < -0.39 is 0 Å². The first-order valence-electron chi connectivity index (χ1n) is 6.07.